The third-order valence-corrected chi connectivity index (χ3v) is 5.07. The number of para-hydroxylation sites is 2. The van der Waals surface area contributed by atoms with E-state index in [0.29, 0.717) is 5.56 Å². The Morgan fingerprint density at radius 2 is 1.71 bits per heavy atom. The molecule has 0 aliphatic carbocycles. The number of carbonyl (C=O) groups excluding carboxylic acids is 2. The van der Waals surface area contributed by atoms with Gasteiger partial charge in [0.1, 0.15) is 0 Å². The minimum absolute atomic E-state index is 0.371. The fraction of sp³-hybridized carbons (Fsp3) is 0.0800. The Morgan fingerprint density at radius 1 is 0.935 bits per heavy atom. The minimum atomic E-state index is -0.432. The number of pyridine rings is 1. The second kappa shape index (κ2) is 8.67. The van der Waals surface area contributed by atoms with Gasteiger partial charge in [-0.25, -0.2) is 0 Å². The molecule has 0 unspecified atom stereocenters. The number of aryl methyl sites for hydroxylation is 1. The number of carbonyl (C=O) groups is 2. The monoisotopic (exact) mass is 410 g/mol. The van der Waals surface area contributed by atoms with Crippen LogP contribution in [0.3, 0.4) is 0 Å². The zero-order valence-corrected chi connectivity index (χ0v) is 17.3. The Balaban J connectivity index is 1.44. The van der Waals surface area contributed by atoms with E-state index in [1.54, 1.807) is 18.3 Å². The maximum Gasteiger partial charge on any atom is 0.271 e. The summed E-state index contributed by atoms with van der Waals surface area (Å²) in [5.41, 5.74) is 9.78. The Morgan fingerprint density at radius 3 is 2.52 bits per heavy atom. The van der Waals surface area contributed by atoms with Gasteiger partial charge in [0.05, 0.1) is 11.1 Å². The first kappa shape index (κ1) is 20.1. The third kappa shape index (κ3) is 4.23. The lowest BCUT2D eigenvalue weighted by atomic mass is 10.1. The van der Waals surface area contributed by atoms with Gasteiger partial charge in [0, 0.05) is 40.3 Å². The van der Waals surface area contributed by atoms with Gasteiger partial charge in [0.15, 0.2) is 0 Å². The van der Waals surface area contributed by atoms with Gasteiger partial charge in [0.25, 0.3) is 11.8 Å². The van der Waals surface area contributed by atoms with Crippen molar-refractivity contribution in [1.82, 2.24) is 20.4 Å². The first-order valence-corrected chi connectivity index (χ1v) is 9.91. The van der Waals surface area contributed by atoms with Crippen LogP contribution in [0.25, 0.3) is 22.7 Å². The van der Waals surface area contributed by atoms with Crippen LogP contribution in [0, 0.1) is 13.8 Å². The van der Waals surface area contributed by atoms with E-state index < -0.39 is 5.91 Å². The van der Waals surface area contributed by atoms with Crippen molar-refractivity contribution >= 4 is 28.8 Å². The van der Waals surface area contributed by atoms with Crippen LogP contribution in [0.1, 0.15) is 27.3 Å². The van der Waals surface area contributed by atoms with Gasteiger partial charge in [0.2, 0.25) is 0 Å². The first-order valence-electron chi connectivity index (χ1n) is 9.91. The molecule has 2 aromatic carbocycles. The number of aromatic nitrogens is 2. The molecule has 0 aliphatic rings. The average Bonchev–Trinajstić information content (AvgIpc) is 3.10. The highest BCUT2D eigenvalue weighted by molar-refractivity contribution is 5.99. The van der Waals surface area contributed by atoms with Gasteiger partial charge in [-0.2, -0.15) is 0 Å². The van der Waals surface area contributed by atoms with Crippen LogP contribution in [0.15, 0.2) is 79.0 Å². The Kier molecular flexibility index (Phi) is 5.62. The van der Waals surface area contributed by atoms with Crippen LogP contribution >= 0.6 is 0 Å². The highest BCUT2D eigenvalue weighted by Crippen LogP contribution is 2.20. The van der Waals surface area contributed by atoms with Crippen molar-refractivity contribution in [2.75, 3.05) is 0 Å². The topological polar surface area (TPSA) is 76.0 Å². The predicted octanol–water partition coefficient (Wildman–Crippen LogP) is 4.12. The molecule has 0 saturated carbocycles. The summed E-state index contributed by atoms with van der Waals surface area (Å²) in [6.07, 6.45) is 4.76. The van der Waals surface area contributed by atoms with E-state index in [0.717, 1.165) is 33.5 Å². The molecule has 2 N–H and O–H groups in total. The summed E-state index contributed by atoms with van der Waals surface area (Å²) in [4.78, 5) is 29.2. The SMILES string of the molecule is Cc1cc(C(=O)NNC(=O)/C=C/c2cccc3cccnc23)c(C)n1-c1ccccc1. The Hall–Kier alpha value is -4.19. The van der Waals surface area contributed by atoms with Crippen molar-refractivity contribution in [3.8, 4) is 5.69 Å². The quantitative estimate of drug-likeness (QED) is 0.393. The van der Waals surface area contributed by atoms with E-state index in [-0.39, 0.29) is 5.91 Å². The van der Waals surface area contributed by atoms with E-state index in [1.807, 2.05) is 79.1 Å². The average molecular weight is 410 g/mol. The molecule has 4 rings (SSSR count). The molecule has 4 aromatic rings. The van der Waals surface area contributed by atoms with Crippen molar-refractivity contribution in [1.29, 1.82) is 0 Å². The van der Waals surface area contributed by atoms with Gasteiger partial charge in [-0.05, 0) is 44.2 Å². The standard InChI is InChI=1S/C25H22N4O2/c1-17-16-22(18(2)29(17)21-11-4-3-5-12-21)25(31)28-27-23(30)14-13-20-9-6-8-19-10-7-15-26-24(19)20/h3-16H,1-2H3,(H,27,30)(H,28,31)/b14-13+. The largest absolute Gasteiger partial charge is 0.318 e. The summed E-state index contributed by atoms with van der Waals surface area (Å²) in [6, 6.07) is 21.2. The molecule has 31 heavy (non-hydrogen) atoms. The molecule has 2 aromatic heterocycles. The maximum atomic E-state index is 12.6. The van der Waals surface area contributed by atoms with E-state index >= 15 is 0 Å². The van der Waals surface area contributed by atoms with Gasteiger partial charge in [-0.15, -0.1) is 0 Å². The molecule has 0 aliphatic heterocycles. The molecule has 2 amide bonds. The number of nitrogens with zero attached hydrogens (tertiary/aromatic N) is 2. The molecule has 0 fully saturated rings. The van der Waals surface area contributed by atoms with Crippen LogP contribution in [0.4, 0.5) is 0 Å². The van der Waals surface area contributed by atoms with Crippen LogP contribution in [0.2, 0.25) is 0 Å². The van der Waals surface area contributed by atoms with E-state index in [1.165, 1.54) is 6.08 Å². The second-order valence-electron chi connectivity index (χ2n) is 7.15. The third-order valence-electron chi connectivity index (χ3n) is 5.07. The van der Waals surface area contributed by atoms with E-state index in [2.05, 4.69) is 15.8 Å². The predicted molar refractivity (Wildman–Crippen MR) is 122 cm³/mol. The first-order chi connectivity index (χ1) is 15.0. The zero-order valence-electron chi connectivity index (χ0n) is 17.3. The number of nitrogens with one attached hydrogen (secondary N) is 2. The minimum Gasteiger partial charge on any atom is -0.318 e. The summed E-state index contributed by atoms with van der Waals surface area (Å²) in [7, 11) is 0. The highest BCUT2D eigenvalue weighted by Gasteiger charge is 2.16. The second-order valence-corrected chi connectivity index (χ2v) is 7.15. The maximum absolute atomic E-state index is 12.6. The number of hydrogen-bond acceptors (Lipinski definition) is 3. The number of amides is 2. The van der Waals surface area contributed by atoms with Crippen LogP contribution < -0.4 is 10.9 Å². The van der Waals surface area contributed by atoms with Crippen molar-refractivity contribution < 1.29 is 9.59 Å². The number of hydrazine groups is 1. The molecule has 0 bridgehead atoms. The fourth-order valence-electron chi connectivity index (χ4n) is 3.62. The summed E-state index contributed by atoms with van der Waals surface area (Å²) in [5, 5.41) is 0.993. The summed E-state index contributed by atoms with van der Waals surface area (Å²) >= 11 is 0. The van der Waals surface area contributed by atoms with Gasteiger partial charge >= 0.3 is 0 Å². The lowest BCUT2D eigenvalue weighted by Crippen LogP contribution is -2.40. The van der Waals surface area contributed by atoms with E-state index in [9.17, 15) is 9.59 Å². The lowest BCUT2D eigenvalue weighted by Gasteiger charge is -2.10. The van der Waals surface area contributed by atoms with Crippen molar-refractivity contribution in [3.63, 3.8) is 0 Å². The van der Waals surface area contributed by atoms with Gasteiger partial charge in [-0.1, -0.05) is 42.5 Å². The molecule has 154 valence electrons. The molecule has 2 heterocycles. The molecular formula is C25H22N4O2. The van der Waals surface area contributed by atoms with Crippen LogP contribution in [-0.2, 0) is 4.79 Å². The number of fused-ring (bicyclic) bond motifs is 1. The molecule has 0 saturated heterocycles. The fourth-order valence-corrected chi connectivity index (χ4v) is 3.62. The van der Waals surface area contributed by atoms with Crippen LogP contribution in [-0.4, -0.2) is 21.4 Å². The molecule has 0 spiro atoms. The normalized spacial score (nSPS) is 11.0. The zero-order chi connectivity index (χ0) is 21.8. The van der Waals surface area contributed by atoms with Gasteiger partial charge < -0.3 is 4.57 Å². The smallest absolute Gasteiger partial charge is 0.271 e. The molecule has 0 radical (unpaired) electrons. The summed E-state index contributed by atoms with van der Waals surface area (Å²) in [6.45, 7) is 3.82. The van der Waals surface area contributed by atoms with Crippen LogP contribution in [0.5, 0.6) is 0 Å². The Labute approximate surface area is 180 Å². The number of rotatable bonds is 4. The highest BCUT2D eigenvalue weighted by atomic mass is 16.2. The summed E-state index contributed by atoms with van der Waals surface area (Å²) in [5.74, 6) is -0.804. The lowest BCUT2D eigenvalue weighted by molar-refractivity contribution is -0.117. The molecular weight excluding hydrogens is 388 g/mol. The van der Waals surface area contributed by atoms with Gasteiger partial charge in [-0.3, -0.25) is 25.4 Å². The Bertz CT molecular complexity index is 1280. The molecule has 6 heteroatoms. The van der Waals surface area contributed by atoms with Crippen molar-refractivity contribution in [2.24, 2.45) is 0 Å². The molecule has 0 atom stereocenters. The van der Waals surface area contributed by atoms with Crippen molar-refractivity contribution in [3.05, 3.63) is 102 Å². The summed E-state index contributed by atoms with van der Waals surface area (Å²) < 4.78 is 2.00. The number of benzene rings is 2. The number of hydrogen-bond donors (Lipinski definition) is 2. The van der Waals surface area contributed by atoms with Crippen molar-refractivity contribution in [2.45, 2.75) is 13.8 Å². The molecule has 6 nitrogen and oxygen atoms in total. The van der Waals surface area contributed by atoms with E-state index in [4.69, 9.17) is 0 Å².